The highest BCUT2D eigenvalue weighted by Crippen LogP contribution is 2.51. The fraction of sp³-hybridized carbons (Fsp3) is 0.900. The van der Waals surface area contributed by atoms with E-state index < -0.39 is 0 Å². The van der Waals surface area contributed by atoms with Crippen LogP contribution in [0.1, 0.15) is 65.2 Å². The molecule has 1 saturated heterocycles. The number of nitrogens with zero attached hydrogens (tertiary/aromatic N) is 1. The third-order valence-corrected chi connectivity index (χ3v) is 7.47. The highest BCUT2D eigenvalue weighted by atomic mass is 16.2. The van der Waals surface area contributed by atoms with Crippen molar-refractivity contribution in [1.29, 1.82) is 0 Å². The van der Waals surface area contributed by atoms with E-state index >= 15 is 0 Å². The van der Waals surface area contributed by atoms with Gasteiger partial charge in [-0.15, -0.1) is 0 Å². The van der Waals surface area contributed by atoms with E-state index in [9.17, 15) is 9.59 Å². The molecule has 1 aliphatic heterocycles. The number of carbonyl (C=O) groups is 2. The lowest BCUT2D eigenvalue weighted by Crippen LogP contribution is -2.63. The van der Waals surface area contributed by atoms with Gasteiger partial charge in [0.15, 0.2) is 0 Å². The van der Waals surface area contributed by atoms with Gasteiger partial charge in [-0.25, -0.2) is 0 Å². The maximum Gasteiger partial charge on any atom is 0.232 e. The zero-order chi connectivity index (χ0) is 17.0. The molecule has 0 aromatic carbocycles. The highest BCUT2D eigenvalue weighted by molar-refractivity contribution is 6.01. The van der Waals surface area contributed by atoms with Gasteiger partial charge < -0.3 is 5.73 Å². The van der Waals surface area contributed by atoms with Gasteiger partial charge in [0.1, 0.15) is 0 Å². The predicted octanol–water partition coefficient (Wildman–Crippen LogP) is 2.95. The van der Waals surface area contributed by atoms with Crippen LogP contribution in [0.15, 0.2) is 0 Å². The standard InChI is InChI=1S/C20H32N2O2/c1-11-8-12(2)10-13(9-11)22-19(23)15-5-3-4-14-17(21)7-6-16(18(14)15)20(22)24/h11-18H,3-10,21H2,1-2H3. The third-order valence-electron chi connectivity index (χ3n) is 7.47. The maximum atomic E-state index is 13.3. The molecule has 0 bridgehead atoms. The molecule has 3 saturated carbocycles. The topological polar surface area (TPSA) is 63.4 Å². The van der Waals surface area contributed by atoms with Crippen molar-refractivity contribution < 1.29 is 9.59 Å². The maximum absolute atomic E-state index is 13.3. The average Bonchev–Trinajstić information content (AvgIpc) is 2.53. The Labute approximate surface area is 145 Å². The first-order valence-electron chi connectivity index (χ1n) is 10.1. The second-order valence-corrected chi connectivity index (χ2v) is 9.24. The van der Waals surface area contributed by atoms with Crippen LogP contribution in [0, 0.1) is 35.5 Å². The fourth-order valence-electron chi connectivity index (χ4n) is 6.63. The van der Waals surface area contributed by atoms with Gasteiger partial charge in [-0.2, -0.15) is 0 Å². The van der Waals surface area contributed by atoms with Gasteiger partial charge in [-0.05, 0) is 68.6 Å². The highest BCUT2D eigenvalue weighted by Gasteiger charge is 2.56. The summed E-state index contributed by atoms with van der Waals surface area (Å²) in [5.41, 5.74) is 6.36. The number of rotatable bonds is 1. The second-order valence-electron chi connectivity index (χ2n) is 9.24. The minimum Gasteiger partial charge on any atom is -0.327 e. The van der Waals surface area contributed by atoms with Crippen LogP contribution in [-0.2, 0) is 9.59 Å². The summed E-state index contributed by atoms with van der Waals surface area (Å²) in [5.74, 6) is 2.25. The Balaban J connectivity index is 1.63. The van der Waals surface area contributed by atoms with Crippen LogP contribution >= 0.6 is 0 Å². The summed E-state index contributed by atoms with van der Waals surface area (Å²) in [6.45, 7) is 4.53. The summed E-state index contributed by atoms with van der Waals surface area (Å²) in [6.07, 6.45) is 8.21. The van der Waals surface area contributed by atoms with E-state index in [-0.39, 0.29) is 41.7 Å². The van der Waals surface area contributed by atoms with E-state index in [2.05, 4.69) is 13.8 Å². The average molecular weight is 332 g/mol. The van der Waals surface area contributed by atoms with Gasteiger partial charge in [0.25, 0.3) is 0 Å². The number of likely N-dealkylation sites (tertiary alicyclic amines) is 1. The number of amides is 2. The first-order valence-corrected chi connectivity index (χ1v) is 10.1. The zero-order valence-electron chi connectivity index (χ0n) is 15.1. The number of nitrogens with two attached hydrogens (primary N) is 1. The summed E-state index contributed by atoms with van der Waals surface area (Å²) in [5, 5.41) is 0. The fourth-order valence-corrected chi connectivity index (χ4v) is 6.63. The molecule has 7 unspecified atom stereocenters. The lowest BCUT2D eigenvalue weighted by atomic mass is 9.57. The number of piperidine rings is 1. The van der Waals surface area contributed by atoms with Crippen molar-refractivity contribution in [3.8, 4) is 0 Å². The SMILES string of the molecule is CC1CC(C)CC(N2C(=O)C3CCCC4C(N)CCC(C2=O)C34)C1. The van der Waals surface area contributed by atoms with Crippen LogP contribution in [0.2, 0.25) is 0 Å². The smallest absolute Gasteiger partial charge is 0.232 e. The molecule has 0 aromatic heterocycles. The molecule has 1 heterocycles. The minimum atomic E-state index is 0.0605. The molecule has 4 heteroatoms. The molecule has 2 N–H and O–H groups in total. The van der Waals surface area contributed by atoms with Crippen molar-refractivity contribution >= 4 is 11.8 Å². The number of carbonyl (C=O) groups excluding carboxylic acids is 2. The van der Waals surface area contributed by atoms with Gasteiger partial charge in [0.2, 0.25) is 11.8 Å². The first-order chi connectivity index (χ1) is 11.5. The molecule has 7 atom stereocenters. The van der Waals surface area contributed by atoms with E-state index in [0.29, 0.717) is 17.8 Å². The van der Waals surface area contributed by atoms with E-state index in [1.54, 1.807) is 4.90 Å². The van der Waals surface area contributed by atoms with Crippen LogP contribution in [-0.4, -0.2) is 28.8 Å². The Kier molecular flexibility index (Phi) is 4.22. The quantitative estimate of drug-likeness (QED) is 0.751. The molecular weight excluding hydrogens is 300 g/mol. The van der Waals surface area contributed by atoms with Crippen LogP contribution in [0.4, 0.5) is 0 Å². The Morgan fingerprint density at radius 1 is 0.875 bits per heavy atom. The Morgan fingerprint density at radius 2 is 1.50 bits per heavy atom. The predicted molar refractivity (Wildman–Crippen MR) is 92.8 cm³/mol. The molecule has 0 radical (unpaired) electrons. The van der Waals surface area contributed by atoms with Crippen LogP contribution in [0.5, 0.6) is 0 Å². The van der Waals surface area contributed by atoms with Gasteiger partial charge in [0.05, 0.1) is 0 Å². The molecule has 4 rings (SSSR count). The van der Waals surface area contributed by atoms with E-state index in [0.717, 1.165) is 44.9 Å². The van der Waals surface area contributed by atoms with Crippen molar-refractivity contribution in [1.82, 2.24) is 4.90 Å². The summed E-state index contributed by atoms with van der Waals surface area (Å²) in [6, 6.07) is 0.330. The molecule has 4 fully saturated rings. The van der Waals surface area contributed by atoms with Crippen LogP contribution in [0.25, 0.3) is 0 Å². The Bertz CT molecular complexity index is 506. The monoisotopic (exact) mass is 332 g/mol. The molecule has 0 spiro atoms. The molecule has 0 aromatic rings. The molecular formula is C20H32N2O2. The zero-order valence-corrected chi connectivity index (χ0v) is 15.1. The van der Waals surface area contributed by atoms with E-state index in [4.69, 9.17) is 5.73 Å². The molecule has 24 heavy (non-hydrogen) atoms. The molecule has 2 amide bonds. The molecule has 134 valence electrons. The molecule has 3 aliphatic carbocycles. The summed E-state index contributed by atoms with van der Waals surface area (Å²) in [7, 11) is 0. The number of hydrogen-bond donors (Lipinski definition) is 1. The first kappa shape index (κ1) is 16.6. The Hall–Kier alpha value is -0.900. The van der Waals surface area contributed by atoms with Crippen molar-refractivity contribution in [2.75, 3.05) is 0 Å². The second kappa shape index (κ2) is 6.12. The molecule has 4 nitrogen and oxygen atoms in total. The summed E-state index contributed by atoms with van der Waals surface area (Å²) >= 11 is 0. The van der Waals surface area contributed by atoms with Gasteiger partial charge >= 0.3 is 0 Å². The van der Waals surface area contributed by atoms with Crippen molar-refractivity contribution in [3.63, 3.8) is 0 Å². The van der Waals surface area contributed by atoms with Crippen molar-refractivity contribution in [2.45, 2.75) is 77.3 Å². The normalized spacial score (nSPS) is 49.0. The lowest BCUT2D eigenvalue weighted by Gasteiger charge is -2.54. The summed E-state index contributed by atoms with van der Waals surface area (Å²) < 4.78 is 0. The van der Waals surface area contributed by atoms with Gasteiger partial charge in [-0.3, -0.25) is 14.5 Å². The van der Waals surface area contributed by atoms with Crippen LogP contribution < -0.4 is 5.73 Å². The number of hydrogen-bond acceptors (Lipinski definition) is 3. The largest absolute Gasteiger partial charge is 0.327 e. The van der Waals surface area contributed by atoms with Gasteiger partial charge in [-0.1, -0.05) is 20.3 Å². The van der Waals surface area contributed by atoms with Crippen molar-refractivity contribution in [2.24, 2.45) is 41.2 Å². The van der Waals surface area contributed by atoms with Crippen molar-refractivity contribution in [3.05, 3.63) is 0 Å². The Morgan fingerprint density at radius 3 is 2.17 bits per heavy atom. The van der Waals surface area contributed by atoms with E-state index in [1.165, 1.54) is 6.42 Å². The van der Waals surface area contributed by atoms with Crippen LogP contribution in [0.3, 0.4) is 0 Å². The van der Waals surface area contributed by atoms with Gasteiger partial charge in [0, 0.05) is 23.9 Å². The third kappa shape index (κ3) is 2.53. The van der Waals surface area contributed by atoms with E-state index in [1.807, 2.05) is 0 Å². The number of imide groups is 1. The minimum absolute atomic E-state index is 0.0605. The lowest BCUT2D eigenvalue weighted by molar-refractivity contribution is -0.171. The summed E-state index contributed by atoms with van der Waals surface area (Å²) in [4.78, 5) is 28.3. The molecule has 4 aliphatic rings.